The summed E-state index contributed by atoms with van der Waals surface area (Å²) in [7, 11) is -3.81. The van der Waals surface area contributed by atoms with Gasteiger partial charge in [-0.2, -0.15) is 4.31 Å². The number of nitrogens with two attached hydrogens (primary N) is 1. The van der Waals surface area contributed by atoms with Crippen LogP contribution in [0.1, 0.15) is 24.1 Å². The van der Waals surface area contributed by atoms with E-state index in [0.717, 1.165) is 12.0 Å². The molecule has 3 rings (SSSR count). The number of piperazine rings is 1. The number of anilines is 1. The molecule has 1 unspecified atom stereocenters. The SMILES string of the molecule is CCc1ccc(C2CNCCN2S(=O)(=O)c2cc(Cl)cnc2N)cc1. The second kappa shape index (κ2) is 7.29. The minimum absolute atomic E-state index is 0.0389. The summed E-state index contributed by atoms with van der Waals surface area (Å²) in [4.78, 5) is 3.84. The van der Waals surface area contributed by atoms with E-state index in [-0.39, 0.29) is 21.8 Å². The van der Waals surface area contributed by atoms with Crippen LogP contribution in [0.2, 0.25) is 5.02 Å². The van der Waals surface area contributed by atoms with E-state index in [1.165, 1.54) is 22.1 Å². The van der Waals surface area contributed by atoms with Crippen LogP contribution in [0.25, 0.3) is 0 Å². The lowest BCUT2D eigenvalue weighted by Gasteiger charge is -2.35. The molecule has 1 aliphatic heterocycles. The van der Waals surface area contributed by atoms with Crippen molar-refractivity contribution in [1.82, 2.24) is 14.6 Å². The Morgan fingerprint density at radius 3 is 2.76 bits per heavy atom. The molecular weight excluding hydrogens is 360 g/mol. The second-order valence-electron chi connectivity index (χ2n) is 5.97. The van der Waals surface area contributed by atoms with Crippen LogP contribution in [0.15, 0.2) is 41.4 Å². The number of aromatic nitrogens is 1. The van der Waals surface area contributed by atoms with Crippen molar-refractivity contribution in [1.29, 1.82) is 0 Å². The lowest BCUT2D eigenvalue weighted by atomic mass is 10.0. The first-order valence-electron chi connectivity index (χ1n) is 8.16. The fourth-order valence-corrected chi connectivity index (χ4v) is 4.93. The van der Waals surface area contributed by atoms with Crippen molar-refractivity contribution in [2.24, 2.45) is 0 Å². The van der Waals surface area contributed by atoms with Crippen LogP contribution >= 0.6 is 11.6 Å². The van der Waals surface area contributed by atoms with Gasteiger partial charge in [0.1, 0.15) is 10.7 Å². The molecule has 1 aromatic heterocycles. The number of hydrogen-bond donors (Lipinski definition) is 2. The van der Waals surface area contributed by atoms with E-state index in [0.29, 0.717) is 19.6 Å². The molecule has 1 aromatic carbocycles. The Labute approximate surface area is 153 Å². The summed E-state index contributed by atoms with van der Waals surface area (Å²) in [6, 6.07) is 9.09. The summed E-state index contributed by atoms with van der Waals surface area (Å²) >= 11 is 5.94. The van der Waals surface area contributed by atoms with Gasteiger partial charge in [-0.3, -0.25) is 0 Å². The highest BCUT2D eigenvalue weighted by Crippen LogP contribution is 2.31. The number of pyridine rings is 1. The molecule has 1 fully saturated rings. The van der Waals surface area contributed by atoms with Gasteiger partial charge in [0.2, 0.25) is 10.0 Å². The zero-order valence-electron chi connectivity index (χ0n) is 13.9. The third-order valence-electron chi connectivity index (χ3n) is 4.40. The van der Waals surface area contributed by atoms with Crippen LogP contribution in [0.4, 0.5) is 5.82 Å². The second-order valence-corrected chi connectivity index (χ2v) is 8.26. The van der Waals surface area contributed by atoms with Crippen molar-refractivity contribution < 1.29 is 8.42 Å². The molecule has 8 heteroatoms. The molecule has 0 radical (unpaired) electrons. The van der Waals surface area contributed by atoms with Crippen LogP contribution in [-0.4, -0.2) is 37.3 Å². The summed E-state index contributed by atoms with van der Waals surface area (Å²) in [5.74, 6) is -0.0389. The number of nitrogens with zero attached hydrogens (tertiary/aromatic N) is 2. The normalized spacial score (nSPS) is 19.0. The molecule has 2 aromatic rings. The van der Waals surface area contributed by atoms with Gasteiger partial charge in [-0.25, -0.2) is 13.4 Å². The Morgan fingerprint density at radius 2 is 2.08 bits per heavy atom. The van der Waals surface area contributed by atoms with Gasteiger partial charge in [-0.1, -0.05) is 42.8 Å². The first-order chi connectivity index (χ1) is 11.9. The summed E-state index contributed by atoms with van der Waals surface area (Å²) in [5, 5.41) is 3.50. The number of nitrogen functional groups attached to an aromatic ring is 1. The number of benzene rings is 1. The predicted octanol–water partition coefficient (Wildman–Crippen LogP) is 2.21. The fraction of sp³-hybridized carbons (Fsp3) is 0.353. The standard InChI is InChI=1S/C17H21ClN4O2S/c1-2-12-3-5-13(6-4-12)15-11-20-7-8-22(15)25(23,24)16-9-14(18)10-21-17(16)19/h3-6,9-10,15,20H,2,7-8,11H2,1H3,(H2,19,21). The average molecular weight is 381 g/mol. The molecule has 0 bridgehead atoms. The zero-order valence-corrected chi connectivity index (χ0v) is 15.5. The molecule has 0 spiro atoms. The molecule has 0 amide bonds. The number of nitrogens with one attached hydrogen (secondary N) is 1. The molecule has 1 aliphatic rings. The Hall–Kier alpha value is -1.67. The van der Waals surface area contributed by atoms with Crippen LogP contribution in [0.3, 0.4) is 0 Å². The number of aryl methyl sites for hydroxylation is 1. The first-order valence-corrected chi connectivity index (χ1v) is 9.97. The topological polar surface area (TPSA) is 88.3 Å². The summed E-state index contributed by atoms with van der Waals surface area (Å²) < 4.78 is 27.9. The number of halogens is 1. The molecule has 6 nitrogen and oxygen atoms in total. The first kappa shape index (κ1) is 18.1. The van der Waals surface area contributed by atoms with Crippen molar-refractivity contribution >= 4 is 27.4 Å². The third-order valence-corrected chi connectivity index (χ3v) is 6.55. The monoisotopic (exact) mass is 380 g/mol. The van der Waals surface area contributed by atoms with Crippen molar-refractivity contribution in [2.45, 2.75) is 24.3 Å². The van der Waals surface area contributed by atoms with Gasteiger partial charge in [0.05, 0.1) is 11.1 Å². The lowest BCUT2D eigenvalue weighted by molar-refractivity contribution is 0.271. The van der Waals surface area contributed by atoms with Gasteiger partial charge >= 0.3 is 0 Å². The lowest BCUT2D eigenvalue weighted by Crippen LogP contribution is -2.48. The Kier molecular flexibility index (Phi) is 5.29. The third kappa shape index (κ3) is 3.64. The highest BCUT2D eigenvalue weighted by Gasteiger charge is 2.35. The molecule has 25 heavy (non-hydrogen) atoms. The van der Waals surface area contributed by atoms with Crippen LogP contribution in [-0.2, 0) is 16.4 Å². The molecule has 1 saturated heterocycles. The molecule has 3 N–H and O–H groups in total. The number of sulfonamides is 1. The van der Waals surface area contributed by atoms with Gasteiger partial charge in [-0.15, -0.1) is 0 Å². The Balaban J connectivity index is 2.00. The quantitative estimate of drug-likeness (QED) is 0.849. The van der Waals surface area contributed by atoms with E-state index >= 15 is 0 Å². The molecule has 1 atom stereocenters. The van der Waals surface area contributed by atoms with E-state index in [9.17, 15) is 8.42 Å². The minimum Gasteiger partial charge on any atom is -0.383 e. The van der Waals surface area contributed by atoms with E-state index in [2.05, 4.69) is 17.2 Å². The summed E-state index contributed by atoms with van der Waals surface area (Å²) in [5.41, 5.74) is 7.97. The fourth-order valence-electron chi connectivity index (χ4n) is 3.00. The van der Waals surface area contributed by atoms with Gasteiger partial charge in [0, 0.05) is 25.8 Å². The van der Waals surface area contributed by atoms with Crippen LogP contribution in [0, 0.1) is 0 Å². The van der Waals surface area contributed by atoms with Crippen molar-refractivity contribution in [3.63, 3.8) is 0 Å². The highest BCUT2D eigenvalue weighted by molar-refractivity contribution is 7.89. The summed E-state index contributed by atoms with van der Waals surface area (Å²) in [6.45, 7) is 3.56. The Morgan fingerprint density at radius 1 is 1.36 bits per heavy atom. The zero-order chi connectivity index (χ0) is 18.0. The molecule has 0 saturated carbocycles. The maximum Gasteiger partial charge on any atom is 0.247 e. The molecule has 0 aliphatic carbocycles. The smallest absolute Gasteiger partial charge is 0.247 e. The van der Waals surface area contributed by atoms with Crippen molar-refractivity contribution in [2.75, 3.05) is 25.4 Å². The van der Waals surface area contributed by atoms with Gasteiger partial charge < -0.3 is 11.1 Å². The predicted molar refractivity (Wildman–Crippen MR) is 99.0 cm³/mol. The van der Waals surface area contributed by atoms with Crippen LogP contribution in [0.5, 0.6) is 0 Å². The van der Waals surface area contributed by atoms with Gasteiger partial charge in [0.25, 0.3) is 0 Å². The molecule has 134 valence electrons. The van der Waals surface area contributed by atoms with E-state index < -0.39 is 10.0 Å². The van der Waals surface area contributed by atoms with E-state index in [1.807, 2.05) is 24.3 Å². The maximum absolute atomic E-state index is 13.2. The van der Waals surface area contributed by atoms with Crippen molar-refractivity contribution in [3.05, 3.63) is 52.7 Å². The van der Waals surface area contributed by atoms with E-state index in [1.54, 1.807) is 0 Å². The van der Waals surface area contributed by atoms with Crippen molar-refractivity contribution in [3.8, 4) is 0 Å². The van der Waals surface area contributed by atoms with E-state index in [4.69, 9.17) is 17.3 Å². The van der Waals surface area contributed by atoms with Gasteiger partial charge in [0.15, 0.2) is 0 Å². The number of hydrogen-bond acceptors (Lipinski definition) is 5. The van der Waals surface area contributed by atoms with Crippen LogP contribution < -0.4 is 11.1 Å². The minimum atomic E-state index is -3.81. The van der Waals surface area contributed by atoms with Gasteiger partial charge in [-0.05, 0) is 23.6 Å². The Bertz CT molecular complexity index is 855. The largest absolute Gasteiger partial charge is 0.383 e. The molecular formula is C17H21ClN4O2S. The maximum atomic E-state index is 13.2. The highest BCUT2D eigenvalue weighted by atomic mass is 35.5. The average Bonchev–Trinajstić information content (AvgIpc) is 2.63. The number of rotatable bonds is 4. The summed E-state index contributed by atoms with van der Waals surface area (Å²) in [6.07, 6.45) is 2.28. The molecule has 2 heterocycles.